The largest absolute Gasteiger partial charge is 0.179 e. The number of hydrogen-bond donors (Lipinski definition) is 4. The van der Waals surface area contributed by atoms with Gasteiger partial charge >= 0.3 is 0 Å². The molecule has 0 radical (unpaired) electrons. The summed E-state index contributed by atoms with van der Waals surface area (Å²) >= 11 is 16.6. The minimum Gasteiger partial charge on any atom is -0.179 e. The third-order valence-electron chi connectivity index (χ3n) is 6.55. The molecule has 0 aliphatic heterocycles. The quantitative estimate of drug-likeness (QED) is 0.0542. The van der Waals surface area contributed by atoms with E-state index in [0.29, 0.717) is 0 Å². The Balaban J connectivity index is -0.000000204. The van der Waals surface area contributed by atoms with Gasteiger partial charge in [-0.25, -0.2) is 0 Å². The predicted octanol–water partition coefficient (Wildman–Crippen LogP) is 13.9. The average molecular weight is 613 g/mol. The van der Waals surface area contributed by atoms with Crippen molar-refractivity contribution < 1.29 is 0 Å². The normalized spacial score (nSPS) is 10.1. The molecule has 0 aromatic rings. The molecule has 4 heteroatoms. The fourth-order valence-electron chi connectivity index (χ4n) is 3.92. The second-order valence-corrected chi connectivity index (χ2v) is 12.5. The highest BCUT2D eigenvalue weighted by Gasteiger charge is 1.90. The molecular formula is C34H76S4. The van der Waals surface area contributed by atoms with Crippen molar-refractivity contribution in [2.75, 3.05) is 23.0 Å². The molecule has 0 bridgehead atoms. The third kappa shape index (κ3) is 66.0. The van der Waals surface area contributed by atoms with Crippen molar-refractivity contribution in [1.29, 1.82) is 0 Å². The number of thiol groups is 4. The van der Waals surface area contributed by atoms with E-state index < -0.39 is 0 Å². The van der Waals surface area contributed by atoms with Gasteiger partial charge < -0.3 is 0 Å². The Morgan fingerprint density at radius 2 is 0.342 bits per heavy atom. The van der Waals surface area contributed by atoms with E-state index in [-0.39, 0.29) is 0 Å². The zero-order valence-corrected chi connectivity index (χ0v) is 30.6. The van der Waals surface area contributed by atoms with Crippen LogP contribution in [-0.4, -0.2) is 23.0 Å². The SMILES string of the molecule is CCCCCCCCCCS.CCCCCCCCCS.CCCCCCCCS.CCCCCCCS. The number of unbranched alkanes of at least 4 members (excludes halogenated alkanes) is 22. The second kappa shape index (κ2) is 54.5. The molecule has 0 N–H and O–H groups in total. The third-order valence-corrected chi connectivity index (χ3v) is 7.81. The summed E-state index contributed by atoms with van der Waals surface area (Å²) in [6.45, 7) is 9.01. The van der Waals surface area contributed by atoms with Crippen LogP contribution in [0.1, 0.15) is 195 Å². The summed E-state index contributed by atoms with van der Waals surface area (Å²) in [7, 11) is 0. The van der Waals surface area contributed by atoms with Crippen LogP contribution in [0.5, 0.6) is 0 Å². The highest BCUT2D eigenvalue weighted by atomic mass is 32.1. The van der Waals surface area contributed by atoms with E-state index in [1.54, 1.807) is 0 Å². The molecule has 0 rings (SSSR count). The Morgan fingerprint density at radius 3 is 0.474 bits per heavy atom. The lowest BCUT2D eigenvalue weighted by Gasteiger charge is -1.98. The molecule has 0 aromatic carbocycles. The van der Waals surface area contributed by atoms with Gasteiger partial charge in [0.15, 0.2) is 0 Å². The molecule has 0 heterocycles. The van der Waals surface area contributed by atoms with Crippen molar-refractivity contribution in [3.63, 3.8) is 0 Å². The fourth-order valence-corrected chi connectivity index (χ4v) is 4.82. The van der Waals surface area contributed by atoms with E-state index in [1.807, 2.05) is 0 Å². The molecule has 0 unspecified atom stereocenters. The first-order valence-corrected chi connectivity index (χ1v) is 19.6. The van der Waals surface area contributed by atoms with E-state index in [1.165, 1.54) is 167 Å². The van der Waals surface area contributed by atoms with Crippen LogP contribution in [0.2, 0.25) is 0 Å². The molecule has 0 aromatic heterocycles. The van der Waals surface area contributed by atoms with E-state index in [9.17, 15) is 0 Å². The van der Waals surface area contributed by atoms with Crippen LogP contribution < -0.4 is 0 Å². The molecule has 0 atom stereocenters. The van der Waals surface area contributed by atoms with Gasteiger partial charge in [0.2, 0.25) is 0 Å². The van der Waals surface area contributed by atoms with Gasteiger partial charge in [0.1, 0.15) is 0 Å². The maximum absolute atomic E-state index is 4.18. The van der Waals surface area contributed by atoms with Gasteiger partial charge in [0, 0.05) is 0 Å². The zero-order valence-electron chi connectivity index (χ0n) is 27.0. The standard InChI is InChI=1S/C10H22S.C9H20S.C8H18S.C7H16S/c1-2-3-4-5-6-7-8-9-10-11;1-2-3-4-5-6-7-8-9-10;1-2-3-4-5-6-7-8-9;1-2-3-4-5-6-7-8/h11H,2-10H2,1H3;10H,2-9H2,1H3;9H,2-8H2,1H3;8H,2-7H2,1H3. The summed E-state index contributed by atoms with van der Waals surface area (Å²) in [6.07, 6.45) is 36.0. The van der Waals surface area contributed by atoms with Crippen molar-refractivity contribution in [3.05, 3.63) is 0 Å². The molecule has 0 fully saturated rings. The minimum atomic E-state index is 1.06. The summed E-state index contributed by atoms with van der Waals surface area (Å²) in [5.41, 5.74) is 0. The maximum atomic E-state index is 4.18. The van der Waals surface area contributed by atoms with Crippen LogP contribution in [-0.2, 0) is 0 Å². The predicted molar refractivity (Wildman–Crippen MR) is 198 cm³/mol. The molecule has 0 aliphatic carbocycles. The van der Waals surface area contributed by atoms with Gasteiger partial charge in [-0.05, 0) is 48.7 Å². The summed E-state index contributed by atoms with van der Waals surface area (Å²) in [4.78, 5) is 0. The summed E-state index contributed by atoms with van der Waals surface area (Å²) in [5, 5.41) is 0. The Morgan fingerprint density at radius 1 is 0.211 bits per heavy atom. The van der Waals surface area contributed by atoms with E-state index >= 15 is 0 Å². The molecule has 0 aliphatic rings. The molecule has 0 spiro atoms. The smallest absolute Gasteiger partial charge is 0.00979 e. The van der Waals surface area contributed by atoms with Crippen molar-refractivity contribution in [2.45, 2.75) is 195 Å². The van der Waals surface area contributed by atoms with Crippen LogP contribution >= 0.6 is 50.5 Å². The number of rotatable bonds is 26. The molecule has 0 amide bonds. The molecule has 0 nitrogen and oxygen atoms in total. The van der Waals surface area contributed by atoms with Gasteiger partial charge in [0.25, 0.3) is 0 Å². The number of hydrogen-bond acceptors (Lipinski definition) is 4. The molecular weight excluding hydrogens is 537 g/mol. The lowest BCUT2D eigenvalue weighted by atomic mass is 10.1. The summed E-state index contributed by atoms with van der Waals surface area (Å²) in [5.74, 6) is 4.25. The van der Waals surface area contributed by atoms with Crippen LogP contribution in [0.25, 0.3) is 0 Å². The summed E-state index contributed by atoms with van der Waals surface area (Å²) in [6, 6.07) is 0. The lowest BCUT2D eigenvalue weighted by molar-refractivity contribution is 0.586. The van der Waals surface area contributed by atoms with Gasteiger partial charge in [-0.3, -0.25) is 0 Å². The Labute approximate surface area is 266 Å². The molecule has 236 valence electrons. The van der Waals surface area contributed by atoms with Crippen LogP contribution in [0, 0.1) is 0 Å². The summed E-state index contributed by atoms with van der Waals surface area (Å²) < 4.78 is 0. The van der Waals surface area contributed by atoms with E-state index in [0.717, 1.165) is 23.0 Å². The van der Waals surface area contributed by atoms with Gasteiger partial charge in [-0.15, -0.1) is 0 Å². The molecule has 0 saturated heterocycles. The Bertz CT molecular complexity index is 285. The van der Waals surface area contributed by atoms with Crippen LogP contribution in [0.3, 0.4) is 0 Å². The van der Waals surface area contributed by atoms with Crippen molar-refractivity contribution in [1.82, 2.24) is 0 Å². The second-order valence-electron chi connectivity index (χ2n) is 10.7. The highest BCUT2D eigenvalue weighted by Crippen LogP contribution is 2.09. The maximum Gasteiger partial charge on any atom is -0.00979 e. The Hall–Kier alpha value is 1.40. The van der Waals surface area contributed by atoms with E-state index in [2.05, 4.69) is 78.2 Å². The van der Waals surface area contributed by atoms with Gasteiger partial charge in [-0.1, -0.05) is 169 Å². The molecule has 38 heavy (non-hydrogen) atoms. The van der Waals surface area contributed by atoms with Crippen molar-refractivity contribution in [3.8, 4) is 0 Å². The molecule has 0 saturated carbocycles. The van der Waals surface area contributed by atoms with E-state index in [4.69, 9.17) is 0 Å². The van der Waals surface area contributed by atoms with Crippen LogP contribution in [0.4, 0.5) is 0 Å². The lowest BCUT2D eigenvalue weighted by Crippen LogP contribution is -1.80. The first-order chi connectivity index (χ1) is 18.7. The zero-order chi connectivity index (χ0) is 29.2. The first-order valence-electron chi connectivity index (χ1n) is 17.1. The topological polar surface area (TPSA) is 0 Å². The minimum absolute atomic E-state index is 1.06. The van der Waals surface area contributed by atoms with Crippen molar-refractivity contribution >= 4 is 50.5 Å². The fraction of sp³-hybridized carbons (Fsp3) is 1.00. The van der Waals surface area contributed by atoms with Crippen LogP contribution in [0.15, 0.2) is 0 Å². The van der Waals surface area contributed by atoms with Gasteiger partial charge in [0.05, 0.1) is 0 Å². The highest BCUT2D eigenvalue weighted by molar-refractivity contribution is 7.80. The average Bonchev–Trinajstić information content (AvgIpc) is 2.94. The Kier molecular flexibility index (Phi) is 66.5. The first kappa shape index (κ1) is 46.4. The van der Waals surface area contributed by atoms with Crippen molar-refractivity contribution in [2.24, 2.45) is 0 Å². The van der Waals surface area contributed by atoms with Gasteiger partial charge in [-0.2, -0.15) is 50.5 Å². The monoisotopic (exact) mass is 612 g/mol.